The van der Waals surface area contributed by atoms with E-state index in [1.165, 1.54) is 19.4 Å². The first-order valence-corrected chi connectivity index (χ1v) is 4.35. The van der Waals surface area contributed by atoms with Crippen LogP contribution in [0.3, 0.4) is 0 Å². The summed E-state index contributed by atoms with van der Waals surface area (Å²) in [6.07, 6.45) is 3.57. The average Bonchev–Trinajstić information content (AvgIpc) is 2.40. The molecule has 2 saturated heterocycles. The zero-order chi connectivity index (χ0) is 7.84. The molecule has 1 unspecified atom stereocenters. The Morgan fingerprint density at radius 3 is 3.09 bits per heavy atom. The summed E-state index contributed by atoms with van der Waals surface area (Å²) < 4.78 is 12.8. The molecular formula is C9H14FN. The lowest BCUT2D eigenvalue weighted by Crippen LogP contribution is -2.21. The molecule has 2 fully saturated rings. The minimum absolute atomic E-state index is 0.0550. The van der Waals surface area contributed by atoms with Crippen molar-refractivity contribution in [2.45, 2.75) is 32.2 Å². The molecule has 0 aromatic heterocycles. The summed E-state index contributed by atoms with van der Waals surface area (Å²) in [6.45, 7) is 3.66. The molecule has 1 atom stereocenters. The van der Waals surface area contributed by atoms with Gasteiger partial charge >= 0.3 is 0 Å². The van der Waals surface area contributed by atoms with Crippen LogP contribution in [0.25, 0.3) is 0 Å². The summed E-state index contributed by atoms with van der Waals surface area (Å²) in [5.74, 6) is 0.0550. The average molecular weight is 155 g/mol. The van der Waals surface area contributed by atoms with Crippen LogP contribution in [0.5, 0.6) is 0 Å². The molecule has 62 valence electrons. The molecule has 0 saturated carbocycles. The van der Waals surface area contributed by atoms with E-state index < -0.39 is 0 Å². The van der Waals surface area contributed by atoms with Crippen molar-refractivity contribution < 1.29 is 4.39 Å². The highest BCUT2D eigenvalue weighted by Gasteiger charge is 2.32. The Hall–Kier alpha value is -0.370. The van der Waals surface area contributed by atoms with Gasteiger partial charge in [0, 0.05) is 12.6 Å². The number of rotatable bonds is 0. The summed E-state index contributed by atoms with van der Waals surface area (Å²) in [5, 5.41) is 0. The minimum Gasteiger partial charge on any atom is -0.296 e. The first kappa shape index (κ1) is 7.29. The first-order valence-electron chi connectivity index (χ1n) is 4.35. The van der Waals surface area contributed by atoms with Crippen LogP contribution in [-0.4, -0.2) is 24.0 Å². The molecule has 2 heterocycles. The van der Waals surface area contributed by atoms with E-state index in [-0.39, 0.29) is 5.83 Å². The minimum atomic E-state index is 0.0550. The molecule has 0 N–H and O–H groups in total. The van der Waals surface area contributed by atoms with Gasteiger partial charge in [0.2, 0.25) is 0 Å². The molecule has 0 aromatic carbocycles. The first-order chi connectivity index (χ1) is 5.27. The van der Waals surface area contributed by atoms with Gasteiger partial charge in [-0.15, -0.1) is 0 Å². The number of halogens is 1. The van der Waals surface area contributed by atoms with E-state index in [9.17, 15) is 4.39 Å². The molecule has 0 aromatic rings. The Balaban J connectivity index is 2.11. The Morgan fingerprint density at radius 2 is 2.45 bits per heavy atom. The van der Waals surface area contributed by atoms with Crippen molar-refractivity contribution in [2.24, 2.45) is 0 Å². The van der Waals surface area contributed by atoms with E-state index in [0.717, 1.165) is 18.5 Å². The van der Waals surface area contributed by atoms with Crippen molar-refractivity contribution >= 4 is 0 Å². The Morgan fingerprint density at radius 1 is 1.64 bits per heavy atom. The van der Waals surface area contributed by atoms with Crippen molar-refractivity contribution in [1.82, 2.24) is 4.90 Å². The maximum Gasteiger partial charge on any atom is 0.0974 e. The molecule has 11 heavy (non-hydrogen) atoms. The van der Waals surface area contributed by atoms with Gasteiger partial charge in [0.05, 0.1) is 5.83 Å². The van der Waals surface area contributed by atoms with Gasteiger partial charge in [-0.1, -0.05) is 0 Å². The molecular weight excluding hydrogens is 141 g/mol. The molecule has 2 rings (SSSR count). The molecule has 0 bridgehead atoms. The highest BCUT2D eigenvalue weighted by Crippen LogP contribution is 2.32. The lowest BCUT2D eigenvalue weighted by molar-refractivity contribution is 0.327. The predicted molar refractivity (Wildman–Crippen MR) is 43.0 cm³/mol. The quantitative estimate of drug-likeness (QED) is 0.518. The van der Waals surface area contributed by atoms with E-state index in [2.05, 4.69) is 4.90 Å². The summed E-state index contributed by atoms with van der Waals surface area (Å²) in [7, 11) is 0. The Bertz CT molecular complexity index is 180. The van der Waals surface area contributed by atoms with E-state index in [0.29, 0.717) is 6.04 Å². The number of fused-ring (bicyclic) bond motifs is 1. The second-order valence-corrected chi connectivity index (χ2v) is 3.61. The lowest BCUT2D eigenvalue weighted by Gasteiger charge is -2.11. The van der Waals surface area contributed by atoms with Crippen molar-refractivity contribution in [1.29, 1.82) is 0 Å². The summed E-state index contributed by atoms with van der Waals surface area (Å²) in [5.41, 5.74) is 1.04. The summed E-state index contributed by atoms with van der Waals surface area (Å²) in [4.78, 5) is 2.40. The molecule has 0 aliphatic carbocycles. The van der Waals surface area contributed by atoms with E-state index in [1.54, 1.807) is 6.92 Å². The predicted octanol–water partition coefficient (Wildman–Crippen LogP) is 2.10. The van der Waals surface area contributed by atoms with Crippen LogP contribution in [0.4, 0.5) is 4.39 Å². The van der Waals surface area contributed by atoms with Gasteiger partial charge in [-0.2, -0.15) is 0 Å². The molecule has 0 spiro atoms. The second-order valence-electron chi connectivity index (χ2n) is 3.61. The highest BCUT2D eigenvalue weighted by molar-refractivity contribution is 5.16. The van der Waals surface area contributed by atoms with Crippen LogP contribution < -0.4 is 0 Å². The SMILES string of the molecule is C/C(F)=C1/CC2CCCN2C1. The maximum absolute atomic E-state index is 12.8. The molecule has 2 aliphatic heterocycles. The van der Waals surface area contributed by atoms with Gasteiger partial charge in [-0.05, 0) is 38.3 Å². The van der Waals surface area contributed by atoms with Crippen LogP contribution in [0, 0.1) is 0 Å². The summed E-state index contributed by atoms with van der Waals surface area (Å²) >= 11 is 0. The third-order valence-corrected chi connectivity index (χ3v) is 2.86. The number of hydrogen-bond donors (Lipinski definition) is 0. The van der Waals surface area contributed by atoms with Gasteiger partial charge in [-0.3, -0.25) is 4.90 Å². The largest absolute Gasteiger partial charge is 0.296 e. The van der Waals surface area contributed by atoms with Crippen molar-refractivity contribution in [3.8, 4) is 0 Å². The fourth-order valence-electron chi connectivity index (χ4n) is 2.18. The van der Waals surface area contributed by atoms with Gasteiger partial charge in [0.25, 0.3) is 0 Å². The number of allylic oxidation sites excluding steroid dienone is 1. The molecule has 1 nitrogen and oxygen atoms in total. The van der Waals surface area contributed by atoms with Crippen LogP contribution in [0.2, 0.25) is 0 Å². The van der Waals surface area contributed by atoms with Crippen LogP contribution in [-0.2, 0) is 0 Å². The van der Waals surface area contributed by atoms with Crippen molar-refractivity contribution in [2.75, 3.05) is 13.1 Å². The fraction of sp³-hybridized carbons (Fsp3) is 0.778. The fourth-order valence-corrected chi connectivity index (χ4v) is 2.18. The van der Waals surface area contributed by atoms with Gasteiger partial charge in [0.15, 0.2) is 0 Å². The molecule has 0 amide bonds. The molecule has 2 heteroatoms. The number of hydrogen-bond acceptors (Lipinski definition) is 1. The molecule has 2 aliphatic rings. The normalized spacial score (nSPS) is 36.0. The third-order valence-electron chi connectivity index (χ3n) is 2.86. The maximum atomic E-state index is 12.8. The standard InChI is InChI=1S/C9H14FN/c1-7(10)8-5-9-3-2-4-11(9)6-8/h9H,2-6H2,1H3/b8-7+. The molecule has 0 radical (unpaired) electrons. The Labute approximate surface area is 66.9 Å². The highest BCUT2D eigenvalue weighted by atomic mass is 19.1. The summed E-state index contributed by atoms with van der Waals surface area (Å²) in [6, 6.07) is 0.677. The van der Waals surface area contributed by atoms with Gasteiger partial charge in [0.1, 0.15) is 0 Å². The topological polar surface area (TPSA) is 3.24 Å². The van der Waals surface area contributed by atoms with Gasteiger partial charge < -0.3 is 0 Å². The van der Waals surface area contributed by atoms with Crippen LogP contribution >= 0.6 is 0 Å². The zero-order valence-electron chi connectivity index (χ0n) is 6.94. The monoisotopic (exact) mass is 155 g/mol. The smallest absolute Gasteiger partial charge is 0.0974 e. The zero-order valence-corrected chi connectivity index (χ0v) is 6.94. The van der Waals surface area contributed by atoms with Crippen molar-refractivity contribution in [3.05, 3.63) is 11.4 Å². The van der Waals surface area contributed by atoms with Crippen LogP contribution in [0.15, 0.2) is 11.4 Å². The van der Waals surface area contributed by atoms with Crippen molar-refractivity contribution in [3.63, 3.8) is 0 Å². The van der Waals surface area contributed by atoms with E-state index >= 15 is 0 Å². The Kier molecular flexibility index (Phi) is 1.72. The van der Waals surface area contributed by atoms with Crippen LogP contribution in [0.1, 0.15) is 26.2 Å². The van der Waals surface area contributed by atoms with E-state index in [1.807, 2.05) is 0 Å². The van der Waals surface area contributed by atoms with Gasteiger partial charge in [-0.25, -0.2) is 4.39 Å². The third kappa shape index (κ3) is 1.20. The number of nitrogens with zero attached hydrogens (tertiary/aromatic N) is 1. The second kappa shape index (κ2) is 2.59. The van der Waals surface area contributed by atoms with E-state index in [4.69, 9.17) is 0 Å². The lowest BCUT2D eigenvalue weighted by atomic mass is 10.1.